The summed E-state index contributed by atoms with van der Waals surface area (Å²) in [6.45, 7) is 3.21. The molecule has 0 aromatic heterocycles. The Morgan fingerprint density at radius 2 is 1.64 bits per heavy atom. The van der Waals surface area contributed by atoms with Crippen molar-refractivity contribution in [3.05, 3.63) is 84.4 Å². The number of benzene rings is 3. The quantitative estimate of drug-likeness (QED) is 0.370. The number of carbonyl (C=O) groups excluding carboxylic acids is 1. The van der Waals surface area contributed by atoms with Gasteiger partial charge >= 0.3 is 0 Å². The number of carbonyl (C=O) groups is 1. The van der Waals surface area contributed by atoms with Gasteiger partial charge in [-0.1, -0.05) is 42.5 Å². The van der Waals surface area contributed by atoms with Crippen molar-refractivity contribution < 1.29 is 23.1 Å². The highest BCUT2D eigenvalue weighted by molar-refractivity contribution is 7.92. The number of sulfonamides is 1. The van der Waals surface area contributed by atoms with Crippen LogP contribution in [0.15, 0.2) is 88.9 Å². The van der Waals surface area contributed by atoms with Gasteiger partial charge in [0.1, 0.15) is 18.0 Å². The fourth-order valence-electron chi connectivity index (χ4n) is 3.11. The van der Waals surface area contributed by atoms with E-state index >= 15 is 0 Å². The number of phenolic OH excluding ortho intramolecular Hbond substituents is 1. The molecule has 3 aromatic carbocycles. The van der Waals surface area contributed by atoms with Gasteiger partial charge in [-0.15, -0.1) is 0 Å². The van der Waals surface area contributed by atoms with E-state index in [1.165, 1.54) is 18.2 Å². The Morgan fingerprint density at radius 1 is 1.00 bits per heavy atom. The summed E-state index contributed by atoms with van der Waals surface area (Å²) < 4.78 is 33.5. The molecule has 0 aliphatic rings. The number of phenols is 1. The molecule has 0 atom stereocenters. The van der Waals surface area contributed by atoms with Crippen LogP contribution in [0.5, 0.6) is 11.5 Å². The molecule has 0 unspecified atom stereocenters. The standard InChI is InChI=1S/C24H25N3O5S/c1-3-32-23-16-10-8-14-21(23)27(33(30,31)19-11-5-4-6-12-19)17-24(29)26-25-18(2)20-13-7-9-15-22(20)28/h4-16,28H,3,17H2,1-2H3,(H,26,29)/b25-18-. The molecule has 0 spiro atoms. The first kappa shape index (κ1) is 23.8. The predicted molar refractivity (Wildman–Crippen MR) is 127 cm³/mol. The van der Waals surface area contributed by atoms with Crippen molar-refractivity contribution in [2.75, 3.05) is 17.5 Å². The molecule has 0 radical (unpaired) electrons. The van der Waals surface area contributed by atoms with Crippen LogP contribution in [0.4, 0.5) is 5.69 Å². The van der Waals surface area contributed by atoms with Crippen molar-refractivity contribution in [3.63, 3.8) is 0 Å². The van der Waals surface area contributed by atoms with Crippen molar-refractivity contribution >= 4 is 27.3 Å². The van der Waals surface area contributed by atoms with Crippen molar-refractivity contribution in [1.82, 2.24) is 5.43 Å². The highest BCUT2D eigenvalue weighted by atomic mass is 32.2. The number of hydrogen-bond donors (Lipinski definition) is 2. The molecule has 0 bridgehead atoms. The summed E-state index contributed by atoms with van der Waals surface area (Å²) >= 11 is 0. The summed E-state index contributed by atoms with van der Waals surface area (Å²) in [5.74, 6) is -0.302. The van der Waals surface area contributed by atoms with Crippen LogP contribution in [0.2, 0.25) is 0 Å². The van der Waals surface area contributed by atoms with Crippen LogP contribution in [0, 0.1) is 0 Å². The molecular weight excluding hydrogens is 442 g/mol. The van der Waals surface area contributed by atoms with E-state index < -0.39 is 22.5 Å². The second-order valence-electron chi connectivity index (χ2n) is 6.97. The van der Waals surface area contributed by atoms with Crippen molar-refractivity contribution in [1.29, 1.82) is 0 Å². The minimum atomic E-state index is -4.08. The topological polar surface area (TPSA) is 108 Å². The predicted octanol–water partition coefficient (Wildman–Crippen LogP) is 3.53. The number of aromatic hydroxyl groups is 1. The van der Waals surface area contributed by atoms with Gasteiger partial charge in [-0.3, -0.25) is 9.10 Å². The maximum atomic E-state index is 13.5. The fraction of sp³-hybridized carbons (Fsp3) is 0.167. The lowest BCUT2D eigenvalue weighted by molar-refractivity contribution is -0.119. The highest BCUT2D eigenvalue weighted by Crippen LogP contribution is 2.32. The van der Waals surface area contributed by atoms with Gasteiger partial charge in [0.05, 0.1) is 22.9 Å². The van der Waals surface area contributed by atoms with Crippen LogP contribution >= 0.6 is 0 Å². The van der Waals surface area contributed by atoms with Crippen LogP contribution in [0.25, 0.3) is 0 Å². The summed E-state index contributed by atoms with van der Waals surface area (Å²) in [6.07, 6.45) is 0. The molecule has 2 N–H and O–H groups in total. The molecule has 3 aromatic rings. The highest BCUT2D eigenvalue weighted by Gasteiger charge is 2.29. The van der Waals surface area contributed by atoms with Crippen molar-refractivity contribution in [3.8, 4) is 11.5 Å². The average molecular weight is 468 g/mol. The normalized spacial score (nSPS) is 11.6. The largest absolute Gasteiger partial charge is 0.507 e. The van der Waals surface area contributed by atoms with Crippen molar-refractivity contribution in [2.24, 2.45) is 5.10 Å². The molecule has 8 nitrogen and oxygen atoms in total. The molecule has 1 amide bonds. The van der Waals surface area contributed by atoms with Gasteiger partial charge in [-0.05, 0) is 50.2 Å². The second kappa shape index (κ2) is 10.6. The van der Waals surface area contributed by atoms with Crippen LogP contribution < -0.4 is 14.5 Å². The molecule has 0 saturated heterocycles. The lowest BCUT2D eigenvalue weighted by Gasteiger charge is -2.25. The van der Waals surface area contributed by atoms with Gasteiger partial charge in [-0.2, -0.15) is 5.10 Å². The van der Waals surface area contributed by atoms with Crippen LogP contribution in [-0.4, -0.2) is 38.3 Å². The Kier molecular flexibility index (Phi) is 7.68. The summed E-state index contributed by atoms with van der Waals surface area (Å²) in [5.41, 5.74) is 3.43. The molecule has 3 rings (SSSR count). The van der Waals surface area contributed by atoms with Crippen LogP contribution in [0.1, 0.15) is 19.4 Å². The molecule has 0 saturated carbocycles. The number of para-hydroxylation sites is 3. The second-order valence-corrected chi connectivity index (χ2v) is 8.84. The molecule has 172 valence electrons. The number of hydrazone groups is 1. The zero-order chi connectivity index (χ0) is 23.8. The summed E-state index contributed by atoms with van der Waals surface area (Å²) in [4.78, 5) is 12.8. The first-order valence-corrected chi connectivity index (χ1v) is 11.7. The average Bonchev–Trinajstić information content (AvgIpc) is 2.82. The maximum Gasteiger partial charge on any atom is 0.264 e. The lowest BCUT2D eigenvalue weighted by atomic mass is 10.1. The molecule has 9 heteroatoms. The summed E-state index contributed by atoms with van der Waals surface area (Å²) in [7, 11) is -4.08. The van der Waals surface area contributed by atoms with Gasteiger partial charge in [0.25, 0.3) is 15.9 Å². The monoisotopic (exact) mass is 467 g/mol. The number of amides is 1. The number of anilines is 1. The summed E-state index contributed by atoms with van der Waals surface area (Å²) in [6, 6.07) is 21.0. The third-order valence-corrected chi connectivity index (χ3v) is 6.47. The van der Waals surface area contributed by atoms with E-state index in [4.69, 9.17) is 4.74 Å². The number of ether oxygens (including phenoxy) is 1. The maximum absolute atomic E-state index is 13.5. The lowest BCUT2D eigenvalue weighted by Crippen LogP contribution is -2.40. The minimum Gasteiger partial charge on any atom is -0.507 e. The third-order valence-electron chi connectivity index (χ3n) is 4.69. The fourth-order valence-corrected chi connectivity index (χ4v) is 4.56. The van der Waals surface area contributed by atoms with Gasteiger partial charge in [0.2, 0.25) is 0 Å². The Hall–Kier alpha value is -3.85. The SMILES string of the molecule is CCOc1ccccc1N(CC(=O)N/N=C(/C)c1ccccc1O)S(=O)(=O)c1ccccc1. The molecule has 0 fully saturated rings. The van der Waals surface area contributed by atoms with E-state index in [0.717, 1.165) is 4.31 Å². The number of rotatable bonds is 9. The zero-order valence-corrected chi connectivity index (χ0v) is 19.1. The smallest absolute Gasteiger partial charge is 0.264 e. The first-order chi connectivity index (χ1) is 15.8. The van der Waals surface area contributed by atoms with E-state index in [-0.39, 0.29) is 16.3 Å². The zero-order valence-electron chi connectivity index (χ0n) is 18.3. The molecule has 33 heavy (non-hydrogen) atoms. The number of hydrogen-bond acceptors (Lipinski definition) is 6. The van der Waals surface area contributed by atoms with Gasteiger partial charge in [0.15, 0.2) is 0 Å². The van der Waals surface area contributed by atoms with Crippen LogP contribution in [-0.2, 0) is 14.8 Å². The third kappa shape index (κ3) is 5.69. The Morgan fingerprint density at radius 3 is 2.33 bits per heavy atom. The number of nitrogens with one attached hydrogen (secondary N) is 1. The van der Waals surface area contributed by atoms with E-state index in [2.05, 4.69) is 10.5 Å². The summed E-state index contributed by atoms with van der Waals surface area (Å²) in [5, 5.41) is 14.0. The van der Waals surface area contributed by atoms with E-state index in [9.17, 15) is 18.3 Å². The van der Waals surface area contributed by atoms with Gasteiger partial charge < -0.3 is 9.84 Å². The van der Waals surface area contributed by atoms with Gasteiger partial charge in [-0.25, -0.2) is 13.8 Å². The Bertz CT molecular complexity index is 1240. The molecule has 0 aliphatic carbocycles. The first-order valence-electron chi connectivity index (χ1n) is 10.3. The van der Waals surface area contributed by atoms with E-state index in [1.807, 2.05) is 0 Å². The Labute approximate surface area is 193 Å². The minimum absolute atomic E-state index is 0.0203. The van der Waals surface area contributed by atoms with Gasteiger partial charge in [0, 0.05) is 5.56 Å². The van der Waals surface area contributed by atoms with Crippen LogP contribution in [0.3, 0.4) is 0 Å². The van der Waals surface area contributed by atoms with E-state index in [0.29, 0.717) is 23.6 Å². The van der Waals surface area contributed by atoms with Crippen molar-refractivity contribution in [2.45, 2.75) is 18.7 Å². The Balaban J connectivity index is 1.93. The number of nitrogens with zero attached hydrogens (tertiary/aromatic N) is 2. The molecule has 0 heterocycles. The molecule has 0 aliphatic heterocycles. The molecular formula is C24H25N3O5S. The van der Waals surface area contributed by atoms with E-state index in [1.54, 1.807) is 74.5 Å².